The highest BCUT2D eigenvalue weighted by Gasteiger charge is 2.15. The van der Waals surface area contributed by atoms with Gasteiger partial charge in [0.1, 0.15) is 5.82 Å². The lowest BCUT2D eigenvalue weighted by Crippen LogP contribution is -2.37. The van der Waals surface area contributed by atoms with Crippen LogP contribution in [0.4, 0.5) is 0 Å². The number of aromatic amines is 1. The minimum atomic E-state index is -0.403. The first-order valence-electron chi connectivity index (χ1n) is 9.84. The van der Waals surface area contributed by atoms with Crippen LogP contribution in [0.3, 0.4) is 0 Å². The average molecular weight is 407 g/mol. The molecule has 1 aromatic heterocycles. The maximum atomic E-state index is 10.2. The number of aliphatic hydroxyl groups is 1. The van der Waals surface area contributed by atoms with Gasteiger partial charge in [0.25, 0.3) is 0 Å². The molecule has 28 heavy (non-hydrogen) atoms. The maximum absolute atomic E-state index is 10.2. The summed E-state index contributed by atoms with van der Waals surface area (Å²) in [5.41, 5.74) is 1.06. The van der Waals surface area contributed by atoms with Gasteiger partial charge in [-0.15, -0.1) is 5.10 Å². The molecule has 1 aromatic carbocycles. The first-order valence-corrected chi connectivity index (χ1v) is 10.8. The largest absolute Gasteiger partial charge is 0.493 e. The van der Waals surface area contributed by atoms with Crippen LogP contribution >= 0.6 is 11.8 Å². The van der Waals surface area contributed by atoms with Crippen molar-refractivity contribution >= 4 is 11.8 Å². The van der Waals surface area contributed by atoms with Crippen LogP contribution in [0.2, 0.25) is 0 Å². The lowest BCUT2D eigenvalue weighted by Gasteiger charge is -2.24. The standard InChI is InChI=1S/C20H30N4O3S/c1-26-17-9-8-14(10-18(17)27-2)11-19-22-20(24-23-19)28-13-16(25)12-21-15-6-4-3-5-7-15/h8-10,15-16,21,25H,3-7,11-13H2,1-2H3,(H,22,23,24). The Bertz CT molecular complexity index is 734. The molecule has 0 amide bonds. The van der Waals surface area contributed by atoms with Crippen molar-refractivity contribution in [1.82, 2.24) is 20.5 Å². The van der Waals surface area contributed by atoms with Gasteiger partial charge in [-0.05, 0) is 30.5 Å². The molecular weight excluding hydrogens is 376 g/mol. The van der Waals surface area contributed by atoms with Crippen molar-refractivity contribution in [2.24, 2.45) is 0 Å². The molecule has 1 unspecified atom stereocenters. The molecule has 0 bridgehead atoms. The van der Waals surface area contributed by atoms with E-state index in [2.05, 4.69) is 20.5 Å². The topological polar surface area (TPSA) is 92.3 Å². The van der Waals surface area contributed by atoms with Gasteiger partial charge in [-0.25, -0.2) is 4.98 Å². The average Bonchev–Trinajstić information content (AvgIpc) is 3.18. The van der Waals surface area contributed by atoms with Crippen LogP contribution in [0.1, 0.15) is 43.5 Å². The van der Waals surface area contributed by atoms with E-state index in [9.17, 15) is 5.11 Å². The van der Waals surface area contributed by atoms with E-state index in [-0.39, 0.29) is 0 Å². The fourth-order valence-electron chi connectivity index (χ4n) is 3.44. The third kappa shape index (κ3) is 6.12. The molecule has 154 valence electrons. The van der Waals surface area contributed by atoms with Crippen molar-refractivity contribution in [3.63, 3.8) is 0 Å². The lowest BCUT2D eigenvalue weighted by molar-refractivity contribution is 0.185. The second-order valence-corrected chi connectivity index (χ2v) is 8.13. The molecule has 3 N–H and O–H groups in total. The Labute approximate surface area is 170 Å². The fraction of sp³-hybridized carbons (Fsp3) is 0.600. The second kappa shape index (κ2) is 10.7. The highest BCUT2D eigenvalue weighted by molar-refractivity contribution is 7.99. The SMILES string of the molecule is COc1ccc(Cc2nc(SCC(O)CNC3CCCCC3)n[nH]2)cc1OC. The quantitative estimate of drug-likeness (QED) is 0.523. The summed E-state index contributed by atoms with van der Waals surface area (Å²) in [6, 6.07) is 6.37. The molecule has 2 aromatic rings. The number of hydrogen-bond acceptors (Lipinski definition) is 7. The van der Waals surface area contributed by atoms with Gasteiger partial charge in [0.2, 0.25) is 5.16 Å². The summed E-state index contributed by atoms with van der Waals surface area (Å²) in [4.78, 5) is 4.52. The highest BCUT2D eigenvalue weighted by atomic mass is 32.2. The normalized spacial score (nSPS) is 16.1. The third-order valence-electron chi connectivity index (χ3n) is 4.98. The number of ether oxygens (including phenoxy) is 2. The van der Waals surface area contributed by atoms with E-state index in [1.165, 1.54) is 43.9 Å². The molecule has 0 radical (unpaired) electrons. The van der Waals surface area contributed by atoms with Crippen LogP contribution in [0, 0.1) is 0 Å². The van der Waals surface area contributed by atoms with Gasteiger partial charge in [0, 0.05) is 24.8 Å². The molecule has 1 fully saturated rings. The minimum Gasteiger partial charge on any atom is -0.493 e. The van der Waals surface area contributed by atoms with Gasteiger partial charge in [-0.2, -0.15) is 0 Å². The molecular formula is C20H30N4O3S. The second-order valence-electron chi connectivity index (χ2n) is 7.14. The molecule has 8 heteroatoms. The van der Waals surface area contributed by atoms with Crippen LogP contribution < -0.4 is 14.8 Å². The molecule has 0 saturated heterocycles. The molecule has 1 heterocycles. The maximum Gasteiger partial charge on any atom is 0.208 e. The van der Waals surface area contributed by atoms with Crippen molar-refractivity contribution in [3.8, 4) is 11.5 Å². The number of methoxy groups -OCH3 is 2. The van der Waals surface area contributed by atoms with E-state index in [1.807, 2.05) is 18.2 Å². The molecule has 1 aliphatic carbocycles. The highest BCUT2D eigenvalue weighted by Crippen LogP contribution is 2.28. The monoisotopic (exact) mass is 406 g/mol. The van der Waals surface area contributed by atoms with Crippen molar-refractivity contribution in [2.75, 3.05) is 26.5 Å². The zero-order valence-corrected chi connectivity index (χ0v) is 17.4. The Kier molecular flexibility index (Phi) is 8.00. The summed E-state index contributed by atoms with van der Waals surface area (Å²) in [5.74, 6) is 2.76. The predicted molar refractivity (Wildman–Crippen MR) is 110 cm³/mol. The minimum absolute atomic E-state index is 0.403. The lowest BCUT2D eigenvalue weighted by atomic mass is 9.95. The van der Waals surface area contributed by atoms with E-state index in [0.717, 1.165) is 11.4 Å². The number of aromatic nitrogens is 3. The van der Waals surface area contributed by atoms with E-state index < -0.39 is 6.10 Å². The van der Waals surface area contributed by atoms with E-state index in [0.29, 0.717) is 41.4 Å². The van der Waals surface area contributed by atoms with Gasteiger partial charge in [-0.3, -0.25) is 5.10 Å². The summed E-state index contributed by atoms with van der Waals surface area (Å²) >= 11 is 1.47. The number of aliphatic hydroxyl groups excluding tert-OH is 1. The van der Waals surface area contributed by atoms with E-state index in [1.54, 1.807) is 14.2 Å². The Morgan fingerprint density at radius 3 is 2.75 bits per heavy atom. The van der Waals surface area contributed by atoms with Crippen LogP contribution in [0.25, 0.3) is 0 Å². The molecule has 7 nitrogen and oxygen atoms in total. The van der Waals surface area contributed by atoms with Crippen molar-refractivity contribution in [1.29, 1.82) is 0 Å². The Balaban J connectivity index is 1.44. The van der Waals surface area contributed by atoms with Crippen LogP contribution in [0.15, 0.2) is 23.4 Å². The number of hydrogen-bond donors (Lipinski definition) is 3. The first-order chi connectivity index (χ1) is 13.7. The summed E-state index contributed by atoms with van der Waals surface area (Å²) in [5, 5.41) is 21.6. The zero-order valence-electron chi connectivity index (χ0n) is 16.6. The van der Waals surface area contributed by atoms with Crippen molar-refractivity contribution < 1.29 is 14.6 Å². The van der Waals surface area contributed by atoms with Crippen molar-refractivity contribution in [2.45, 2.75) is 55.8 Å². The van der Waals surface area contributed by atoms with Crippen molar-refractivity contribution in [3.05, 3.63) is 29.6 Å². The smallest absolute Gasteiger partial charge is 0.208 e. The molecule has 0 aliphatic heterocycles. The van der Waals surface area contributed by atoms with Gasteiger partial charge >= 0.3 is 0 Å². The molecule has 0 spiro atoms. The van der Waals surface area contributed by atoms with Gasteiger partial charge in [0.05, 0.1) is 20.3 Å². The number of nitrogens with one attached hydrogen (secondary N) is 2. The van der Waals surface area contributed by atoms with Crippen LogP contribution in [0.5, 0.6) is 11.5 Å². The number of nitrogens with zero attached hydrogens (tertiary/aromatic N) is 2. The van der Waals surface area contributed by atoms with Crippen LogP contribution in [-0.4, -0.2) is 59.0 Å². The van der Waals surface area contributed by atoms with Gasteiger partial charge in [-0.1, -0.05) is 37.1 Å². The summed E-state index contributed by atoms with van der Waals surface area (Å²) in [6.07, 6.45) is 6.60. The van der Waals surface area contributed by atoms with E-state index in [4.69, 9.17) is 9.47 Å². The molecule has 1 saturated carbocycles. The van der Waals surface area contributed by atoms with Gasteiger partial charge in [0.15, 0.2) is 11.5 Å². The Morgan fingerprint density at radius 2 is 2.00 bits per heavy atom. The number of rotatable bonds is 10. The summed E-state index contributed by atoms with van der Waals surface area (Å²) in [7, 11) is 3.25. The zero-order chi connectivity index (χ0) is 19.8. The summed E-state index contributed by atoms with van der Waals surface area (Å²) in [6.45, 7) is 0.626. The molecule has 3 rings (SSSR count). The molecule has 1 aliphatic rings. The predicted octanol–water partition coefficient (Wildman–Crippen LogP) is 2.79. The van der Waals surface area contributed by atoms with E-state index >= 15 is 0 Å². The fourth-order valence-corrected chi connectivity index (χ4v) is 4.19. The Morgan fingerprint density at radius 1 is 1.21 bits per heavy atom. The number of thioether (sulfide) groups is 1. The number of H-pyrrole nitrogens is 1. The summed E-state index contributed by atoms with van der Waals surface area (Å²) < 4.78 is 10.6. The van der Waals surface area contributed by atoms with Gasteiger partial charge < -0.3 is 19.9 Å². The first kappa shape index (κ1) is 21.0. The number of benzene rings is 1. The molecule has 1 atom stereocenters. The third-order valence-corrected chi connectivity index (χ3v) is 5.98. The Hall–Kier alpha value is -1.77. The van der Waals surface area contributed by atoms with Crippen LogP contribution in [-0.2, 0) is 6.42 Å².